The van der Waals surface area contributed by atoms with Gasteiger partial charge in [0.1, 0.15) is 0 Å². The lowest BCUT2D eigenvalue weighted by molar-refractivity contribution is -0.118. The number of hydrogen-bond acceptors (Lipinski definition) is 3. The normalized spacial score (nSPS) is 46.6. The molecule has 0 spiro atoms. The summed E-state index contributed by atoms with van der Waals surface area (Å²) in [6, 6.07) is 0. The molecule has 0 aromatic heterocycles. The Morgan fingerprint density at radius 2 is 1.64 bits per heavy atom. The van der Waals surface area contributed by atoms with Gasteiger partial charge >= 0.3 is 0 Å². The average Bonchev–Trinajstić information content (AvgIpc) is 3.00. The van der Waals surface area contributed by atoms with Gasteiger partial charge in [-0.1, -0.05) is 53.2 Å². The fraction of sp³-hybridized carbons (Fsp3) is 0.933. The average molecular weight is 461 g/mol. The van der Waals surface area contributed by atoms with Crippen molar-refractivity contribution < 1.29 is 15.3 Å². The first-order chi connectivity index (χ1) is 15.1. The quantitative estimate of drug-likeness (QED) is 0.410. The van der Waals surface area contributed by atoms with Crippen LogP contribution in [0.2, 0.25) is 0 Å². The van der Waals surface area contributed by atoms with E-state index in [2.05, 4.69) is 47.6 Å². The van der Waals surface area contributed by atoms with Gasteiger partial charge in [-0.05, 0) is 117 Å². The first-order valence-electron chi connectivity index (χ1n) is 13.9. The third-order valence-electron chi connectivity index (χ3n) is 12.3. The monoisotopic (exact) mass is 460 g/mol. The second-order valence-corrected chi connectivity index (χ2v) is 14.5. The van der Waals surface area contributed by atoms with E-state index in [1.165, 1.54) is 32.1 Å². The number of hydrogen-bond donors (Lipinski definition) is 3. The van der Waals surface area contributed by atoms with Gasteiger partial charge in [-0.3, -0.25) is 0 Å². The lowest BCUT2D eigenvalue weighted by atomic mass is 9.41. The van der Waals surface area contributed by atoms with E-state index >= 15 is 0 Å². The summed E-state index contributed by atoms with van der Waals surface area (Å²) in [5.74, 6) is 2.47. The van der Waals surface area contributed by atoms with Gasteiger partial charge in [0.15, 0.2) is 0 Å². The summed E-state index contributed by atoms with van der Waals surface area (Å²) < 4.78 is 0. The third kappa shape index (κ3) is 3.70. The van der Waals surface area contributed by atoms with Gasteiger partial charge in [-0.15, -0.1) is 0 Å². The van der Waals surface area contributed by atoms with Gasteiger partial charge < -0.3 is 15.3 Å². The van der Waals surface area contributed by atoms with Crippen molar-refractivity contribution in [1.29, 1.82) is 0 Å². The van der Waals surface area contributed by atoms with Crippen LogP contribution in [0.25, 0.3) is 0 Å². The molecule has 0 aromatic carbocycles. The summed E-state index contributed by atoms with van der Waals surface area (Å²) in [5.41, 5.74) is 1.58. The van der Waals surface area contributed by atoms with Crippen LogP contribution >= 0.6 is 0 Å². The number of rotatable bonds is 5. The summed E-state index contributed by atoms with van der Waals surface area (Å²) >= 11 is 0. The van der Waals surface area contributed by atoms with Crippen molar-refractivity contribution in [2.24, 2.45) is 45.3 Å². The number of allylic oxidation sites excluding steroid dienone is 2. The van der Waals surface area contributed by atoms with Gasteiger partial charge in [-0.25, -0.2) is 0 Å². The highest BCUT2D eigenvalue weighted by Crippen LogP contribution is 2.73. The van der Waals surface area contributed by atoms with Crippen LogP contribution in [0.15, 0.2) is 11.6 Å². The van der Waals surface area contributed by atoms with Crippen LogP contribution in [0, 0.1) is 45.3 Å². The molecule has 0 heterocycles. The van der Waals surface area contributed by atoms with Crippen LogP contribution in [0.5, 0.6) is 0 Å². The lowest BCUT2D eigenvalue weighted by Crippen LogP contribution is -2.57. The minimum Gasteiger partial charge on any atom is -0.393 e. The molecule has 3 heteroatoms. The molecular formula is C30H52O3. The Labute approximate surface area is 203 Å². The molecule has 0 aromatic rings. The van der Waals surface area contributed by atoms with Gasteiger partial charge in [0.25, 0.3) is 0 Å². The minimum atomic E-state index is -1.02. The Hall–Kier alpha value is -0.380. The predicted molar refractivity (Wildman–Crippen MR) is 136 cm³/mol. The second kappa shape index (κ2) is 8.07. The molecule has 0 amide bonds. The molecule has 4 rings (SSSR count). The molecule has 3 N–H and O–H groups in total. The summed E-state index contributed by atoms with van der Waals surface area (Å²) in [6.07, 6.45) is 11.8. The van der Waals surface area contributed by atoms with Crippen molar-refractivity contribution in [2.45, 2.75) is 131 Å². The van der Waals surface area contributed by atoms with Crippen LogP contribution in [0.4, 0.5) is 0 Å². The molecule has 0 unspecified atom stereocenters. The molecule has 0 bridgehead atoms. The molecule has 4 aliphatic carbocycles. The maximum atomic E-state index is 10.8. The maximum Gasteiger partial charge on any atom is 0.0849 e. The van der Waals surface area contributed by atoms with Crippen molar-refractivity contribution in [2.75, 3.05) is 0 Å². The Kier molecular flexibility index (Phi) is 6.28. The fourth-order valence-corrected chi connectivity index (χ4v) is 9.65. The van der Waals surface area contributed by atoms with E-state index in [0.717, 1.165) is 19.3 Å². The molecule has 0 aliphatic heterocycles. The minimum absolute atomic E-state index is 0.00545. The van der Waals surface area contributed by atoms with Crippen LogP contribution in [0.3, 0.4) is 0 Å². The van der Waals surface area contributed by atoms with Crippen LogP contribution in [-0.4, -0.2) is 33.1 Å². The van der Waals surface area contributed by atoms with Crippen molar-refractivity contribution in [3.63, 3.8) is 0 Å². The summed E-state index contributed by atoms with van der Waals surface area (Å²) in [7, 11) is 0. The number of fused-ring (bicyclic) bond motifs is 5. The zero-order valence-electron chi connectivity index (χ0n) is 22.7. The Morgan fingerprint density at radius 1 is 0.970 bits per heavy atom. The molecule has 0 saturated heterocycles. The largest absolute Gasteiger partial charge is 0.393 e. The molecule has 33 heavy (non-hydrogen) atoms. The van der Waals surface area contributed by atoms with E-state index in [1.807, 2.05) is 0 Å². The summed E-state index contributed by atoms with van der Waals surface area (Å²) in [6.45, 7) is 18.1. The van der Waals surface area contributed by atoms with E-state index in [1.54, 1.807) is 19.4 Å². The number of aliphatic hydroxyl groups excluding tert-OH is 2. The smallest absolute Gasteiger partial charge is 0.0849 e. The number of aliphatic hydroxyl groups is 3. The van der Waals surface area contributed by atoms with Crippen LogP contribution in [0.1, 0.15) is 113 Å². The first kappa shape index (κ1) is 25.7. The zero-order chi connectivity index (χ0) is 24.6. The van der Waals surface area contributed by atoms with Gasteiger partial charge in [0, 0.05) is 0 Å². The fourth-order valence-electron chi connectivity index (χ4n) is 9.65. The Morgan fingerprint density at radius 3 is 2.27 bits per heavy atom. The van der Waals surface area contributed by atoms with Gasteiger partial charge in [-0.2, -0.15) is 0 Å². The van der Waals surface area contributed by atoms with E-state index in [9.17, 15) is 15.3 Å². The highest BCUT2D eigenvalue weighted by atomic mass is 16.3. The summed E-state index contributed by atoms with van der Waals surface area (Å²) in [5, 5.41) is 31.4. The Bertz CT molecular complexity index is 778. The van der Waals surface area contributed by atoms with Gasteiger partial charge in [0.05, 0.1) is 17.8 Å². The van der Waals surface area contributed by atoms with E-state index < -0.39 is 11.7 Å². The van der Waals surface area contributed by atoms with Crippen molar-refractivity contribution in [3.8, 4) is 0 Å². The molecule has 0 radical (unpaired) electrons. The molecule has 3 nitrogen and oxygen atoms in total. The molecule has 190 valence electrons. The van der Waals surface area contributed by atoms with Crippen molar-refractivity contribution >= 4 is 0 Å². The van der Waals surface area contributed by atoms with E-state index in [4.69, 9.17) is 0 Å². The molecule has 4 aliphatic rings. The highest BCUT2D eigenvalue weighted by molar-refractivity contribution is 5.32. The van der Waals surface area contributed by atoms with Gasteiger partial charge in [0.2, 0.25) is 0 Å². The standard InChI is InChI=1S/C30H52O3/c1-19(9-12-25(32)27(4,5)33)20-13-17-30(8)22-10-11-23-26(2,3)24(31)15-16-28(23,6)21(22)14-18-29(20,30)7/h14,19-20,22-25,31-33H,9-13,15-18H2,1-8H3/t19-,20-,22-,23+,24-,25+,28-,29-,30+/m1/s1. The molecule has 3 saturated carbocycles. The van der Waals surface area contributed by atoms with Crippen molar-refractivity contribution in [1.82, 2.24) is 0 Å². The first-order valence-corrected chi connectivity index (χ1v) is 13.9. The van der Waals surface area contributed by atoms with Crippen LogP contribution < -0.4 is 0 Å². The topological polar surface area (TPSA) is 60.7 Å². The Balaban J connectivity index is 1.59. The molecular weight excluding hydrogens is 408 g/mol. The third-order valence-corrected chi connectivity index (χ3v) is 12.3. The zero-order valence-corrected chi connectivity index (χ0v) is 22.7. The van der Waals surface area contributed by atoms with Crippen molar-refractivity contribution in [3.05, 3.63) is 11.6 Å². The lowest BCUT2D eigenvalue weighted by Gasteiger charge is -2.64. The molecule has 9 atom stereocenters. The maximum absolute atomic E-state index is 10.8. The highest BCUT2D eigenvalue weighted by Gasteiger charge is 2.65. The van der Waals surface area contributed by atoms with E-state index in [-0.39, 0.29) is 16.9 Å². The van der Waals surface area contributed by atoms with Crippen LogP contribution in [-0.2, 0) is 0 Å². The second-order valence-electron chi connectivity index (χ2n) is 14.5. The predicted octanol–water partition coefficient (Wildman–Crippen LogP) is 6.50. The summed E-state index contributed by atoms with van der Waals surface area (Å²) in [4.78, 5) is 0. The SMILES string of the molecule is C[C@H](CC[C@H](O)C(C)(C)O)[C@H]1CC[C@@]2(C)[C@@H]3CC[C@H]4C(C)(C)[C@H](O)CC[C@]4(C)C3=CC[C@]12C. The van der Waals surface area contributed by atoms with E-state index in [0.29, 0.717) is 40.9 Å². The molecule has 3 fully saturated rings.